The molecule has 152 valence electrons. The number of phenols is 2. The number of carbonyl (C=O) groups excluding carboxylic acids is 1. The highest BCUT2D eigenvalue weighted by Gasteiger charge is 2.49. The van der Waals surface area contributed by atoms with Gasteiger partial charge in [-0.3, -0.25) is 4.79 Å². The molecule has 5 heteroatoms. The number of halogens is 2. The molecule has 1 aliphatic rings. The van der Waals surface area contributed by atoms with Crippen LogP contribution in [0.2, 0.25) is 0 Å². The summed E-state index contributed by atoms with van der Waals surface area (Å²) in [5, 5.41) is 19.5. The van der Waals surface area contributed by atoms with Crippen molar-refractivity contribution in [2.45, 2.75) is 5.41 Å². The SMILES string of the molecule is O=C1c2ccccc2-c2ccccc2C1(c1ccc(O)c(F)c1)c1ccc(O)c(F)c1. The third-order valence-electron chi connectivity index (χ3n) is 5.89. The predicted octanol–water partition coefficient (Wildman–Crippen LogP) is 5.57. The lowest BCUT2D eigenvalue weighted by Gasteiger charge is -2.39. The summed E-state index contributed by atoms with van der Waals surface area (Å²) >= 11 is 0. The molecule has 3 nitrogen and oxygen atoms in total. The van der Waals surface area contributed by atoms with Gasteiger partial charge in [0.2, 0.25) is 0 Å². The molecule has 31 heavy (non-hydrogen) atoms. The van der Waals surface area contributed by atoms with Gasteiger partial charge >= 0.3 is 0 Å². The van der Waals surface area contributed by atoms with Crippen LogP contribution in [-0.2, 0) is 5.41 Å². The van der Waals surface area contributed by atoms with E-state index in [4.69, 9.17) is 0 Å². The fourth-order valence-electron chi connectivity index (χ4n) is 4.51. The summed E-state index contributed by atoms with van der Waals surface area (Å²) in [6.45, 7) is 0. The molecule has 0 amide bonds. The fraction of sp³-hybridized carbons (Fsp3) is 0.0385. The van der Waals surface area contributed by atoms with E-state index in [1.54, 1.807) is 24.3 Å². The van der Waals surface area contributed by atoms with Gasteiger partial charge < -0.3 is 10.2 Å². The number of aromatic hydroxyl groups is 2. The monoisotopic (exact) mass is 414 g/mol. The highest BCUT2D eigenvalue weighted by molar-refractivity contribution is 6.16. The van der Waals surface area contributed by atoms with E-state index < -0.39 is 28.5 Å². The van der Waals surface area contributed by atoms with Crippen LogP contribution in [0.4, 0.5) is 8.78 Å². The van der Waals surface area contributed by atoms with Gasteiger partial charge in [0.1, 0.15) is 5.41 Å². The topological polar surface area (TPSA) is 57.5 Å². The van der Waals surface area contributed by atoms with E-state index in [9.17, 15) is 23.8 Å². The largest absolute Gasteiger partial charge is 0.505 e. The molecule has 4 aromatic carbocycles. The summed E-state index contributed by atoms with van der Waals surface area (Å²) in [7, 11) is 0. The van der Waals surface area contributed by atoms with Crippen molar-refractivity contribution < 1.29 is 23.8 Å². The van der Waals surface area contributed by atoms with Gasteiger partial charge in [0, 0.05) is 5.56 Å². The van der Waals surface area contributed by atoms with Crippen LogP contribution in [0.25, 0.3) is 11.1 Å². The van der Waals surface area contributed by atoms with Crippen molar-refractivity contribution in [1.82, 2.24) is 0 Å². The van der Waals surface area contributed by atoms with Crippen LogP contribution in [0.3, 0.4) is 0 Å². The fourth-order valence-corrected chi connectivity index (χ4v) is 4.51. The van der Waals surface area contributed by atoms with Crippen LogP contribution in [0.1, 0.15) is 27.0 Å². The maximum Gasteiger partial charge on any atom is 0.182 e. The van der Waals surface area contributed by atoms with E-state index in [1.165, 1.54) is 24.3 Å². The average Bonchev–Trinajstić information content (AvgIpc) is 2.79. The molecule has 4 aromatic rings. The minimum absolute atomic E-state index is 0.250. The first-order chi connectivity index (χ1) is 14.9. The van der Waals surface area contributed by atoms with E-state index in [1.807, 2.05) is 24.3 Å². The number of ketones is 1. The highest BCUT2D eigenvalue weighted by Crippen LogP contribution is 2.51. The van der Waals surface area contributed by atoms with Crippen LogP contribution >= 0.6 is 0 Å². The van der Waals surface area contributed by atoms with Gasteiger partial charge in [-0.1, -0.05) is 60.7 Å². The zero-order chi connectivity index (χ0) is 21.8. The quantitative estimate of drug-likeness (QED) is 0.451. The van der Waals surface area contributed by atoms with Gasteiger partial charge in [0.05, 0.1) is 0 Å². The Morgan fingerprint density at radius 1 is 0.613 bits per heavy atom. The Morgan fingerprint density at radius 3 is 1.65 bits per heavy atom. The molecule has 0 unspecified atom stereocenters. The summed E-state index contributed by atoms with van der Waals surface area (Å²) in [5.74, 6) is -3.22. The smallest absolute Gasteiger partial charge is 0.182 e. The minimum Gasteiger partial charge on any atom is -0.505 e. The first-order valence-corrected chi connectivity index (χ1v) is 9.66. The van der Waals surface area contributed by atoms with E-state index in [2.05, 4.69) is 0 Å². The Balaban J connectivity index is 1.96. The maximum atomic E-state index is 14.5. The van der Waals surface area contributed by atoms with E-state index in [-0.39, 0.29) is 16.9 Å². The molecule has 2 N–H and O–H groups in total. The maximum absolute atomic E-state index is 14.5. The molecule has 0 saturated carbocycles. The number of hydrogen-bond acceptors (Lipinski definition) is 3. The predicted molar refractivity (Wildman–Crippen MR) is 112 cm³/mol. The molecule has 0 spiro atoms. The molecule has 0 aliphatic heterocycles. The Kier molecular flexibility index (Phi) is 4.15. The van der Waals surface area contributed by atoms with Crippen molar-refractivity contribution in [1.29, 1.82) is 0 Å². The normalized spacial score (nSPS) is 14.1. The molecule has 0 bridgehead atoms. The first kappa shape index (κ1) is 19.0. The van der Waals surface area contributed by atoms with Gasteiger partial charge in [0.25, 0.3) is 0 Å². The number of rotatable bonds is 2. The van der Waals surface area contributed by atoms with Crippen LogP contribution < -0.4 is 0 Å². The van der Waals surface area contributed by atoms with Crippen LogP contribution in [0.15, 0.2) is 84.9 Å². The summed E-state index contributed by atoms with van der Waals surface area (Å²) in [5.41, 5.74) is 1.40. The molecule has 0 radical (unpaired) electrons. The van der Waals surface area contributed by atoms with Crippen molar-refractivity contribution in [3.63, 3.8) is 0 Å². The van der Waals surface area contributed by atoms with E-state index in [0.29, 0.717) is 11.1 Å². The van der Waals surface area contributed by atoms with Gasteiger partial charge in [-0.25, -0.2) is 8.78 Å². The number of phenolic OH excluding ortho intramolecular Hbond substituents is 2. The molecule has 1 aliphatic carbocycles. The lowest BCUT2D eigenvalue weighted by atomic mass is 9.60. The molecule has 0 aromatic heterocycles. The lowest BCUT2D eigenvalue weighted by molar-refractivity contribution is 0.0933. The highest BCUT2D eigenvalue weighted by atomic mass is 19.1. The second-order valence-corrected chi connectivity index (χ2v) is 7.50. The first-order valence-electron chi connectivity index (χ1n) is 9.66. The Morgan fingerprint density at radius 2 is 1.10 bits per heavy atom. The van der Waals surface area contributed by atoms with E-state index >= 15 is 0 Å². The molecule has 0 saturated heterocycles. The lowest BCUT2D eigenvalue weighted by Crippen LogP contribution is -2.41. The van der Waals surface area contributed by atoms with Crippen LogP contribution in [0.5, 0.6) is 11.5 Å². The third kappa shape index (κ3) is 2.60. The molecule has 5 rings (SSSR count). The molecular weight excluding hydrogens is 398 g/mol. The third-order valence-corrected chi connectivity index (χ3v) is 5.89. The number of fused-ring (bicyclic) bond motifs is 3. The Labute approximate surface area is 176 Å². The van der Waals surface area contributed by atoms with Crippen molar-refractivity contribution in [3.8, 4) is 22.6 Å². The summed E-state index contributed by atoms with van der Waals surface area (Å²) in [6, 6.07) is 21.8. The van der Waals surface area contributed by atoms with Crippen molar-refractivity contribution in [3.05, 3.63) is 119 Å². The summed E-state index contributed by atoms with van der Waals surface area (Å²) in [6.07, 6.45) is 0. The number of hydrogen-bond donors (Lipinski definition) is 2. The minimum atomic E-state index is -1.58. The zero-order valence-electron chi connectivity index (χ0n) is 16.1. The second-order valence-electron chi connectivity index (χ2n) is 7.50. The molecule has 0 atom stereocenters. The van der Waals surface area contributed by atoms with Gasteiger partial charge in [-0.2, -0.15) is 0 Å². The van der Waals surface area contributed by atoms with Crippen molar-refractivity contribution in [2.24, 2.45) is 0 Å². The van der Waals surface area contributed by atoms with Gasteiger partial charge in [-0.15, -0.1) is 0 Å². The van der Waals surface area contributed by atoms with Crippen molar-refractivity contribution >= 4 is 5.78 Å². The number of benzene rings is 4. The average molecular weight is 414 g/mol. The van der Waals surface area contributed by atoms with Gasteiger partial charge in [0.15, 0.2) is 28.9 Å². The Hall–Kier alpha value is -3.99. The zero-order valence-corrected chi connectivity index (χ0v) is 16.1. The molecule has 0 heterocycles. The number of Topliss-reactive ketones (excluding diaryl/α,β-unsaturated/α-hetero) is 1. The van der Waals surface area contributed by atoms with E-state index in [0.717, 1.165) is 23.3 Å². The second kappa shape index (κ2) is 6.77. The summed E-state index contributed by atoms with van der Waals surface area (Å²) < 4.78 is 29.0. The van der Waals surface area contributed by atoms with Crippen molar-refractivity contribution in [2.75, 3.05) is 0 Å². The standard InChI is InChI=1S/C26H16F2O3/c27-21-13-15(9-11-23(21)29)26(16-10-12-24(30)22(28)14-16)20-8-4-3-6-18(20)17-5-1-2-7-19(17)25(26)31/h1-14,29-30H. The van der Waals surface area contributed by atoms with Gasteiger partial charge in [-0.05, 0) is 52.1 Å². The molecule has 0 fully saturated rings. The van der Waals surface area contributed by atoms with Crippen LogP contribution in [0, 0.1) is 11.6 Å². The number of carbonyl (C=O) groups is 1. The molecular formula is C26H16F2O3. The summed E-state index contributed by atoms with van der Waals surface area (Å²) in [4.78, 5) is 14.1. The van der Waals surface area contributed by atoms with Crippen LogP contribution in [-0.4, -0.2) is 16.0 Å². The Bertz CT molecular complexity index is 1310.